The number of hydrogen-bond donors (Lipinski definition) is 2. The summed E-state index contributed by atoms with van der Waals surface area (Å²) in [6, 6.07) is 2.54. The van der Waals surface area contributed by atoms with Crippen molar-refractivity contribution in [2.45, 2.75) is 11.3 Å². The summed E-state index contributed by atoms with van der Waals surface area (Å²) in [5.74, 6) is -0.112. The van der Waals surface area contributed by atoms with Gasteiger partial charge in [0.05, 0.1) is 16.5 Å². The predicted octanol–water partition coefficient (Wildman–Crippen LogP) is 1.29. The largest absolute Gasteiger partial charge is 0.398 e. The maximum atomic E-state index is 12.0. The molecule has 0 aromatic heterocycles. The van der Waals surface area contributed by atoms with Gasteiger partial charge in [0.1, 0.15) is 14.7 Å². The molecule has 10 heteroatoms. The number of rotatable bonds is 6. The Morgan fingerprint density at radius 1 is 1.20 bits per heavy atom. The summed E-state index contributed by atoms with van der Waals surface area (Å²) < 4.78 is 48.2. The Balaban J connectivity index is 2.85. The summed E-state index contributed by atoms with van der Waals surface area (Å²) in [5.41, 5.74) is 5.53. The number of nitrogen functional groups attached to an aromatic ring is 1. The molecule has 0 radical (unpaired) electrons. The van der Waals surface area contributed by atoms with E-state index in [1.165, 1.54) is 12.1 Å². The summed E-state index contributed by atoms with van der Waals surface area (Å²) in [6.45, 7) is -0.0339. The molecule has 114 valence electrons. The van der Waals surface area contributed by atoms with Crippen LogP contribution >= 0.6 is 23.2 Å². The number of benzene rings is 1. The number of anilines is 1. The van der Waals surface area contributed by atoms with Gasteiger partial charge in [0.2, 0.25) is 10.0 Å². The van der Waals surface area contributed by atoms with Crippen molar-refractivity contribution in [1.29, 1.82) is 0 Å². The Bertz CT molecular complexity index is 679. The zero-order valence-electron chi connectivity index (χ0n) is 10.6. The third kappa shape index (κ3) is 5.10. The average Bonchev–Trinajstić information content (AvgIpc) is 2.21. The summed E-state index contributed by atoms with van der Waals surface area (Å²) >= 11 is 11.5. The van der Waals surface area contributed by atoms with Crippen LogP contribution in [0.4, 0.5) is 5.69 Å². The van der Waals surface area contributed by atoms with Crippen LogP contribution in [0.5, 0.6) is 0 Å². The molecule has 0 saturated carbocycles. The highest BCUT2D eigenvalue weighted by atomic mass is 35.5. The lowest BCUT2D eigenvalue weighted by Gasteiger charge is -2.11. The van der Waals surface area contributed by atoms with E-state index in [1.807, 2.05) is 0 Å². The Morgan fingerprint density at radius 2 is 1.80 bits per heavy atom. The SMILES string of the molecule is CS(=O)(=O)CCCNS(=O)(=O)c1c(N)cc(Cl)cc1Cl. The molecule has 1 rings (SSSR count). The van der Waals surface area contributed by atoms with Crippen molar-refractivity contribution in [2.24, 2.45) is 0 Å². The van der Waals surface area contributed by atoms with Crippen LogP contribution in [0.2, 0.25) is 10.0 Å². The molecule has 0 aliphatic heterocycles. The molecule has 0 unspecified atom stereocenters. The highest BCUT2D eigenvalue weighted by molar-refractivity contribution is 7.90. The minimum Gasteiger partial charge on any atom is -0.398 e. The van der Waals surface area contributed by atoms with E-state index in [-0.39, 0.29) is 39.3 Å². The van der Waals surface area contributed by atoms with Crippen LogP contribution in [0.15, 0.2) is 17.0 Å². The maximum absolute atomic E-state index is 12.0. The Kier molecular flexibility index (Phi) is 5.68. The second-order valence-corrected chi connectivity index (χ2v) is 8.99. The molecular weight excluding hydrogens is 347 g/mol. The second-order valence-electron chi connectivity index (χ2n) is 4.19. The number of nitrogens with two attached hydrogens (primary N) is 1. The first-order chi connectivity index (χ1) is 9.03. The van der Waals surface area contributed by atoms with E-state index in [0.717, 1.165) is 6.26 Å². The van der Waals surface area contributed by atoms with Crippen molar-refractivity contribution in [2.75, 3.05) is 24.3 Å². The fourth-order valence-electron chi connectivity index (χ4n) is 1.48. The van der Waals surface area contributed by atoms with E-state index in [4.69, 9.17) is 28.9 Å². The molecule has 0 fully saturated rings. The molecule has 0 spiro atoms. The number of hydrogen-bond acceptors (Lipinski definition) is 5. The van der Waals surface area contributed by atoms with Crippen molar-refractivity contribution in [3.8, 4) is 0 Å². The van der Waals surface area contributed by atoms with Gasteiger partial charge in [-0.15, -0.1) is 0 Å². The number of nitrogens with one attached hydrogen (secondary N) is 1. The van der Waals surface area contributed by atoms with Gasteiger partial charge in [-0.1, -0.05) is 23.2 Å². The predicted molar refractivity (Wildman–Crippen MR) is 80.4 cm³/mol. The molecule has 0 bridgehead atoms. The van der Waals surface area contributed by atoms with Gasteiger partial charge in [-0.2, -0.15) is 0 Å². The molecule has 0 amide bonds. The number of sulfonamides is 1. The second kappa shape index (κ2) is 6.48. The van der Waals surface area contributed by atoms with Crippen molar-refractivity contribution >= 4 is 48.7 Å². The van der Waals surface area contributed by atoms with Crippen molar-refractivity contribution < 1.29 is 16.8 Å². The van der Waals surface area contributed by atoms with Gasteiger partial charge >= 0.3 is 0 Å². The van der Waals surface area contributed by atoms with Crippen LogP contribution in [-0.2, 0) is 19.9 Å². The van der Waals surface area contributed by atoms with Gasteiger partial charge in [0.25, 0.3) is 0 Å². The normalized spacial score (nSPS) is 12.6. The lowest BCUT2D eigenvalue weighted by molar-refractivity contribution is 0.578. The quantitative estimate of drug-likeness (QED) is 0.587. The summed E-state index contributed by atoms with van der Waals surface area (Å²) in [7, 11) is -7.05. The zero-order chi connectivity index (χ0) is 15.6. The van der Waals surface area contributed by atoms with E-state index in [2.05, 4.69) is 4.72 Å². The van der Waals surface area contributed by atoms with Gasteiger partial charge in [-0.25, -0.2) is 21.6 Å². The Hall–Kier alpha value is -0.540. The molecule has 0 aliphatic rings. The highest BCUT2D eigenvalue weighted by Gasteiger charge is 2.21. The monoisotopic (exact) mass is 360 g/mol. The van der Waals surface area contributed by atoms with E-state index < -0.39 is 19.9 Å². The third-order valence-electron chi connectivity index (χ3n) is 2.29. The molecule has 0 aliphatic carbocycles. The third-order valence-corrected chi connectivity index (χ3v) is 5.53. The standard InChI is InChI=1S/C10H14Cl2N2O4S2/c1-19(15,16)4-2-3-14-20(17,18)10-8(12)5-7(11)6-9(10)13/h5-6,14H,2-4,13H2,1H3. The van der Waals surface area contributed by atoms with Crippen LogP contribution in [0, 0.1) is 0 Å². The molecule has 3 N–H and O–H groups in total. The summed E-state index contributed by atoms with van der Waals surface area (Å²) in [5, 5.41) is 0.133. The molecule has 6 nitrogen and oxygen atoms in total. The molecular formula is C10H14Cl2N2O4S2. The van der Waals surface area contributed by atoms with Crippen molar-refractivity contribution in [3.05, 3.63) is 22.2 Å². The van der Waals surface area contributed by atoms with Crippen LogP contribution < -0.4 is 10.5 Å². The minimum absolute atomic E-state index is 0.0339. The van der Waals surface area contributed by atoms with E-state index >= 15 is 0 Å². The minimum atomic E-state index is -3.92. The van der Waals surface area contributed by atoms with Crippen molar-refractivity contribution in [1.82, 2.24) is 4.72 Å². The van der Waals surface area contributed by atoms with E-state index in [0.29, 0.717) is 0 Å². The smallest absolute Gasteiger partial charge is 0.244 e. The Morgan fingerprint density at radius 3 is 2.30 bits per heavy atom. The van der Waals surface area contributed by atoms with Gasteiger partial charge in [0, 0.05) is 17.8 Å². The molecule has 1 aromatic rings. The first kappa shape index (κ1) is 17.5. The number of halogens is 2. The molecule has 20 heavy (non-hydrogen) atoms. The fraction of sp³-hybridized carbons (Fsp3) is 0.400. The molecule has 0 heterocycles. The van der Waals surface area contributed by atoms with Gasteiger partial charge in [0.15, 0.2) is 0 Å². The average molecular weight is 361 g/mol. The highest BCUT2D eigenvalue weighted by Crippen LogP contribution is 2.30. The van der Waals surface area contributed by atoms with Crippen LogP contribution in [0.1, 0.15) is 6.42 Å². The lowest BCUT2D eigenvalue weighted by atomic mass is 10.3. The molecule has 1 aromatic carbocycles. The van der Waals surface area contributed by atoms with Gasteiger partial charge < -0.3 is 5.73 Å². The van der Waals surface area contributed by atoms with E-state index in [1.54, 1.807) is 0 Å². The molecule has 0 saturated heterocycles. The van der Waals surface area contributed by atoms with Crippen LogP contribution in [0.3, 0.4) is 0 Å². The van der Waals surface area contributed by atoms with Crippen molar-refractivity contribution in [3.63, 3.8) is 0 Å². The maximum Gasteiger partial charge on any atom is 0.244 e. The Labute approximate surface area is 128 Å². The van der Waals surface area contributed by atoms with Crippen LogP contribution in [-0.4, -0.2) is 35.4 Å². The van der Waals surface area contributed by atoms with Gasteiger partial charge in [-0.3, -0.25) is 0 Å². The first-order valence-corrected chi connectivity index (χ1v) is 9.75. The first-order valence-electron chi connectivity index (χ1n) is 5.45. The summed E-state index contributed by atoms with van der Waals surface area (Å²) in [4.78, 5) is -0.261. The fourth-order valence-corrected chi connectivity index (χ4v) is 4.20. The molecule has 0 atom stereocenters. The topological polar surface area (TPSA) is 106 Å². The van der Waals surface area contributed by atoms with E-state index in [9.17, 15) is 16.8 Å². The van der Waals surface area contributed by atoms with Crippen LogP contribution in [0.25, 0.3) is 0 Å². The van der Waals surface area contributed by atoms with Gasteiger partial charge in [-0.05, 0) is 18.6 Å². The zero-order valence-corrected chi connectivity index (χ0v) is 13.7. The number of sulfone groups is 1. The lowest BCUT2D eigenvalue weighted by Crippen LogP contribution is -2.27. The summed E-state index contributed by atoms with van der Waals surface area (Å²) in [6.07, 6.45) is 1.23.